The summed E-state index contributed by atoms with van der Waals surface area (Å²) in [6.45, 7) is 0.121. The summed E-state index contributed by atoms with van der Waals surface area (Å²) in [6, 6.07) is 5.94. The van der Waals surface area contributed by atoms with E-state index in [0.29, 0.717) is 18.8 Å². The zero-order chi connectivity index (χ0) is 16.2. The minimum Gasteiger partial charge on any atom is -0.396 e. The lowest BCUT2D eigenvalue weighted by molar-refractivity contribution is -0.122. The molecule has 1 aromatic heterocycles. The lowest BCUT2D eigenvalue weighted by Gasteiger charge is -2.17. The molecule has 1 aromatic carbocycles. The third kappa shape index (κ3) is 4.22. The molecule has 0 radical (unpaired) electrons. The predicted octanol–water partition coefficient (Wildman–Crippen LogP) is 1.46. The Hall–Kier alpha value is -2.08. The molecule has 1 saturated carbocycles. The first-order valence-electron chi connectivity index (χ1n) is 8.27. The van der Waals surface area contributed by atoms with Gasteiger partial charge in [-0.1, -0.05) is 6.07 Å². The number of fused-ring (bicyclic) bond motifs is 1. The van der Waals surface area contributed by atoms with Gasteiger partial charge in [0, 0.05) is 19.1 Å². The molecule has 0 saturated heterocycles. The summed E-state index contributed by atoms with van der Waals surface area (Å²) in [4.78, 5) is 28.7. The highest BCUT2D eigenvalue weighted by atomic mass is 16.3. The Labute approximate surface area is 134 Å². The van der Waals surface area contributed by atoms with Gasteiger partial charge < -0.3 is 20.4 Å². The molecule has 0 bridgehead atoms. The fourth-order valence-electron chi connectivity index (χ4n) is 3.03. The number of H-pyrrole nitrogens is 2. The molecule has 1 aliphatic rings. The van der Waals surface area contributed by atoms with E-state index in [2.05, 4.69) is 15.3 Å². The molecule has 2 aromatic rings. The molecule has 3 rings (SSSR count). The van der Waals surface area contributed by atoms with E-state index in [-0.39, 0.29) is 24.2 Å². The van der Waals surface area contributed by atoms with E-state index >= 15 is 0 Å². The van der Waals surface area contributed by atoms with Crippen molar-refractivity contribution in [2.45, 2.75) is 44.6 Å². The summed E-state index contributed by atoms with van der Waals surface area (Å²) in [5, 5.41) is 12.1. The maximum Gasteiger partial charge on any atom is 0.323 e. The summed E-state index contributed by atoms with van der Waals surface area (Å²) in [5.41, 5.74) is 2.50. The van der Waals surface area contributed by atoms with Crippen LogP contribution < -0.4 is 11.0 Å². The predicted molar refractivity (Wildman–Crippen MR) is 88.2 cm³/mol. The topological polar surface area (TPSA) is 98.0 Å². The van der Waals surface area contributed by atoms with Crippen LogP contribution in [0.3, 0.4) is 0 Å². The molecule has 0 spiro atoms. The van der Waals surface area contributed by atoms with Crippen molar-refractivity contribution in [2.75, 3.05) is 6.61 Å². The summed E-state index contributed by atoms with van der Waals surface area (Å²) in [6.07, 6.45) is 5.00. The zero-order valence-corrected chi connectivity index (χ0v) is 13.1. The molecule has 6 heteroatoms. The molecular weight excluding hydrogens is 294 g/mol. The van der Waals surface area contributed by atoms with Gasteiger partial charge in [-0.05, 0) is 55.7 Å². The van der Waals surface area contributed by atoms with Crippen LogP contribution in [0.25, 0.3) is 11.0 Å². The third-order valence-corrected chi connectivity index (χ3v) is 4.43. The Morgan fingerprint density at radius 2 is 2.09 bits per heavy atom. The van der Waals surface area contributed by atoms with Gasteiger partial charge in [-0.25, -0.2) is 4.79 Å². The molecular formula is C17H23N3O3. The minimum atomic E-state index is -0.202. The van der Waals surface area contributed by atoms with Crippen LogP contribution in [-0.2, 0) is 11.2 Å². The smallest absolute Gasteiger partial charge is 0.323 e. The largest absolute Gasteiger partial charge is 0.396 e. The maximum absolute atomic E-state index is 12.0. The summed E-state index contributed by atoms with van der Waals surface area (Å²) < 4.78 is 0. The highest BCUT2D eigenvalue weighted by molar-refractivity contribution is 5.76. The monoisotopic (exact) mass is 317 g/mol. The van der Waals surface area contributed by atoms with Crippen LogP contribution >= 0.6 is 0 Å². The third-order valence-electron chi connectivity index (χ3n) is 4.43. The number of carbonyl (C=O) groups excluding carboxylic acids is 1. The molecule has 1 aliphatic carbocycles. The van der Waals surface area contributed by atoms with E-state index in [1.807, 2.05) is 18.2 Å². The Morgan fingerprint density at radius 1 is 1.30 bits per heavy atom. The van der Waals surface area contributed by atoms with Crippen molar-refractivity contribution in [1.82, 2.24) is 15.3 Å². The number of rotatable bonds is 8. The van der Waals surface area contributed by atoms with E-state index in [9.17, 15) is 9.59 Å². The number of aliphatic hydroxyl groups is 1. The van der Waals surface area contributed by atoms with E-state index in [4.69, 9.17) is 5.11 Å². The Morgan fingerprint density at radius 3 is 2.83 bits per heavy atom. The number of carbonyl (C=O) groups is 1. The van der Waals surface area contributed by atoms with Gasteiger partial charge in [0.2, 0.25) is 5.91 Å². The summed E-state index contributed by atoms with van der Waals surface area (Å²) >= 11 is 0. The second kappa shape index (κ2) is 7.00. The van der Waals surface area contributed by atoms with Crippen LogP contribution in [0.1, 0.15) is 37.7 Å². The van der Waals surface area contributed by atoms with Crippen LogP contribution in [0.4, 0.5) is 0 Å². The number of aromatic nitrogens is 2. The molecule has 23 heavy (non-hydrogen) atoms. The number of hydrogen-bond donors (Lipinski definition) is 4. The van der Waals surface area contributed by atoms with Gasteiger partial charge >= 0.3 is 5.69 Å². The molecule has 0 aliphatic heterocycles. The number of aryl methyl sites for hydroxylation is 1. The Balaban J connectivity index is 1.47. The van der Waals surface area contributed by atoms with Gasteiger partial charge in [0.15, 0.2) is 0 Å². The standard InChI is InChI=1S/C17H23N3O3/c21-9-8-13(12-5-6-12)18-16(22)3-1-2-11-4-7-14-15(10-11)20-17(23)19-14/h4,7,10,12-13,21H,1-3,5-6,8-9H2,(H,18,22)(H2,19,20,23). The molecule has 1 fully saturated rings. The lowest BCUT2D eigenvalue weighted by atomic mass is 10.1. The van der Waals surface area contributed by atoms with Crippen LogP contribution in [0.15, 0.2) is 23.0 Å². The highest BCUT2D eigenvalue weighted by Crippen LogP contribution is 2.33. The van der Waals surface area contributed by atoms with Gasteiger partial charge in [0.05, 0.1) is 11.0 Å². The molecule has 1 atom stereocenters. The number of hydrogen-bond acceptors (Lipinski definition) is 3. The quantitative estimate of drug-likeness (QED) is 0.593. The molecule has 6 nitrogen and oxygen atoms in total. The SMILES string of the molecule is O=C(CCCc1ccc2[nH]c(=O)[nH]c2c1)NC(CCO)C1CC1. The second-order valence-corrected chi connectivity index (χ2v) is 6.34. The zero-order valence-electron chi connectivity index (χ0n) is 13.1. The first-order valence-corrected chi connectivity index (χ1v) is 8.27. The molecule has 1 amide bonds. The molecule has 1 heterocycles. The van der Waals surface area contributed by atoms with E-state index in [1.165, 1.54) is 0 Å². The van der Waals surface area contributed by atoms with Gasteiger partial charge in [0.25, 0.3) is 0 Å². The highest BCUT2D eigenvalue weighted by Gasteiger charge is 2.31. The van der Waals surface area contributed by atoms with Gasteiger partial charge in [-0.2, -0.15) is 0 Å². The van der Waals surface area contributed by atoms with Gasteiger partial charge in [-0.3, -0.25) is 4.79 Å². The number of imidazole rings is 1. The molecule has 124 valence electrons. The van der Waals surface area contributed by atoms with Crippen LogP contribution in [0, 0.1) is 5.92 Å². The summed E-state index contributed by atoms with van der Waals surface area (Å²) in [7, 11) is 0. The van der Waals surface area contributed by atoms with Gasteiger partial charge in [-0.15, -0.1) is 0 Å². The van der Waals surface area contributed by atoms with Crippen LogP contribution in [0.5, 0.6) is 0 Å². The van der Waals surface area contributed by atoms with Crippen LogP contribution in [-0.4, -0.2) is 33.6 Å². The number of benzene rings is 1. The van der Waals surface area contributed by atoms with Crippen LogP contribution in [0.2, 0.25) is 0 Å². The number of aliphatic hydroxyl groups excluding tert-OH is 1. The average molecular weight is 317 g/mol. The Bertz CT molecular complexity index is 730. The van der Waals surface area contributed by atoms with E-state index in [1.54, 1.807) is 0 Å². The fraction of sp³-hybridized carbons (Fsp3) is 0.529. The first-order chi connectivity index (χ1) is 11.2. The van der Waals surface area contributed by atoms with Crippen molar-refractivity contribution >= 4 is 16.9 Å². The van der Waals surface area contributed by atoms with E-state index in [0.717, 1.165) is 42.3 Å². The van der Waals surface area contributed by atoms with Crippen molar-refractivity contribution in [1.29, 1.82) is 0 Å². The average Bonchev–Trinajstić information content (AvgIpc) is 3.28. The lowest BCUT2D eigenvalue weighted by Crippen LogP contribution is -2.37. The van der Waals surface area contributed by atoms with Crippen molar-refractivity contribution in [3.63, 3.8) is 0 Å². The number of nitrogens with one attached hydrogen (secondary N) is 3. The van der Waals surface area contributed by atoms with Crippen molar-refractivity contribution in [3.8, 4) is 0 Å². The first kappa shape index (κ1) is 15.8. The molecule has 4 N–H and O–H groups in total. The van der Waals surface area contributed by atoms with Crippen molar-refractivity contribution in [2.24, 2.45) is 5.92 Å². The number of amides is 1. The van der Waals surface area contributed by atoms with Crippen molar-refractivity contribution < 1.29 is 9.90 Å². The number of aromatic amines is 2. The summed E-state index contributed by atoms with van der Waals surface area (Å²) in [5.74, 6) is 0.616. The second-order valence-electron chi connectivity index (χ2n) is 6.34. The van der Waals surface area contributed by atoms with Gasteiger partial charge in [0.1, 0.15) is 0 Å². The molecule has 1 unspecified atom stereocenters. The maximum atomic E-state index is 12.0. The minimum absolute atomic E-state index is 0.0616. The fourth-order valence-corrected chi connectivity index (χ4v) is 3.03. The normalized spacial score (nSPS) is 15.7. The van der Waals surface area contributed by atoms with E-state index < -0.39 is 0 Å². The van der Waals surface area contributed by atoms with Crippen molar-refractivity contribution in [3.05, 3.63) is 34.2 Å². The Kier molecular flexibility index (Phi) is 4.81.